The molecule has 7 heteroatoms. The number of aromatic nitrogens is 3. The van der Waals surface area contributed by atoms with Crippen molar-refractivity contribution in [3.8, 4) is 10.7 Å². The lowest BCUT2D eigenvalue weighted by molar-refractivity contribution is -0.120. The van der Waals surface area contributed by atoms with E-state index in [1.54, 1.807) is 11.3 Å². The summed E-state index contributed by atoms with van der Waals surface area (Å²) in [6.45, 7) is 0. The molecular weight excluding hydrogens is 376 g/mol. The number of benzene rings is 1. The fourth-order valence-corrected chi connectivity index (χ4v) is 4.93. The lowest BCUT2D eigenvalue weighted by Gasteiger charge is -2.17. The van der Waals surface area contributed by atoms with E-state index in [0.717, 1.165) is 47.1 Å². The maximum atomic E-state index is 12.9. The normalized spacial score (nSPS) is 17.6. The molecule has 2 fully saturated rings. The smallest absolute Gasteiger partial charge is 0.238 e. The summed E-state index contributed by atoms with van der Waals surface area (Å²) < 4.78 is 2.23. The third kappa shape index (κ3) is 3.66. The molecule has 2 saturated carbocycles. The number of hydrogen-bond acceptors (Lipinski definition) is 5. The molecule has 1 N–H and O–H groups in total. The van der Waals surface area contributed by atoms with Crippen LogP contribution in [0.1, 0.15) is 42.5 Å². The van der Waals surface area contributed by atoms with E-state index in [1.165, 1.54) is 11.8 Å². The molecule has 1 atom stereocenters. The number of nitrogens with one attached hydrogen (secondary N) is 1. The highest BCUT2D eigenvalue weighted by Gasteiger charge is 2.34. The second-order valence-corrected chi connectivity index (χ2v) is 9.10. The molecule has 2 aliphatic carbocycles. The lowest BCUT2D eigenvalue weighted by Crippen LogP contribution is -2.30. The minimum absolute atomic E-state index is 0.0664. The zero-order valence-electron chi connectivity index (χ0n) is 14.7. The third-order valence-electron chi connectivity index (χ3n) is 4.81. The van der Waals surface area contributed by atoms with E-state index in [2.05, 4.69) is 31.5 Å². The first-order valence-corrected chi connectivity index (χ1v) is 11.1. The number of thiophene rings is 1. The van der Waals surface area contributed by atoms with Gasteiger partial charge in [-0.25, -0.2) is 0 Å². The summed E-state index contributed by atoms with van der Waals surface area (Å²) in [5.41, 5.74) is 1.00. The van der Waals surface area contributed by atoms with Crippen molar-refractivity contribution in [2.45, 2.75) is 48.2 Å². The van der Waals surface area contributed by atoms with Crippen LogP contribution in [-0.4, -0.2) is 26.7 Å². The summed E-state index contributed by atoms with van der Waals surface area (Å²) in [5.74, 6) is 0.987. The van der Waals surface area contributed by atoms with Crippen molar-refractivity contribution in [2.75, 3.05) is 0 Å². The van der Waals surface area contributed by atoms with Crippen molar-refractivity contribution >= 4 is 29.0 Å². The van der Waals surface area contributed by atoms with Crippen LogP contribution >= 0.6 is 23.1 Å². The molecule has 0 bridgehead atoms. The first-order chi connectivity index (χ1) is 13.3. The van der Waals surface area contributed by atoms with Gasteiger partial charge in [-0.2, -0.15) is 0 Å². The molecule has 0 unspecified atom stereocenters. The molecule has 0 radical (unpaired) electrons. The molecule has 5 nitrogen and oxygen atoms in total. The number of hydrogen-bond donors (Lipinski definition) is 1. The van der Waals surface area contributed by atoms with Crippen LogP contribution in [0, 0.1) is 0 Å². The van der Waals surface area contributed by atoms with Gasteiger partial charge < -0.3 is 5.32 Å². The van der Waals surface area contributed by atoms with Gasteiger partial charge in [-0.05, 0) is 42.7 Å². The molecule has 1 amide bonds. The Hall–Kier alpha value is -2.12. The Morgan fingerprint density at radius 3 is 2.59 bits per heavy atom. The number of carbonyl (C=O) groups excluding carboxylic acids is 1. The minimum atomic E-state index is -0.315. The van der Waals surface area contributed by atoms with E-state index in [0.29, 0.717) is 12.1 Å². The van der Waals surface area contributed by atoms with Gasteiger partial charge in [0.2, 0.25) is 5.91 Å². The summed E-state index contributed by atoms with van der Waals surface area (Å²) in [4.78, 5) is 14.1. The number of carbonyl (C=O) groups is 1. The molecule has 0 saturated heterocycles. The van der Waals surface area contributed by atoms with Crippen molar-refractivity contribution in [3.63, 3.8) is 0 Å². The molecule has 0 spiro atoms. The van der Waals surface area contributed by atoms with E-state index < -0.39 is 0 Å². The molecule has 2 aromatic heterocycles. The Morgan fingerprint density at radius 1 is 1.11 bits per heavy atom. The van der Waals surface area contributed by atoms with Gasteiger partial charge in [0.25, 0.3) is 0 Å². The SMILES string of the molecule is O=C(NC1CC1)[C@@H](Sc1nnc(-c2cccs2)n1C1CC1)c1ccccc1. The van der Waals surface area contributed by atoms with Crippen molar-refractivity contribution in [3.05, 3.63) is 53.4 Å². The average Bonchev–Trinajstić information content (AvgIpc) is 3.60. The molecule has 27 heavy (non-hydrogen) atoms. The zero-order chi connectivity index (χ0) is 18.2. The van der Waals surface area contributed by atoms with Crippen molar-refractivity contribution in [1.29, 1.82) is 0 Å². The second-order valence-electron chi connectivity index (χ2n) is 7.08. The lowest BCUT2D eigenvalue weighted by atomic mass is 10.1. The summed E-state index contributed by atoms with van der Waals surface area (Å²) in [6, 6.07) is 14.9. The van der Waals surface area contributed by atoms with Gasteiger partial charge in [-0.15, -0.1) is 21.5 Å². The second kappa shape index (κ2) is 7.13. The Labute approximate surface area is 166 Å². The summed E-state index contributed by atoms with van der Waals surface area (Å²) in [5, 5.41) is 14.7. The van der Waals surface area contributed by atoms with Crippen LogP contribution in [0.3, 0.4) is 0 Å². The van der Waals surface area contributed by atoms with Crippen LogP contribution in [-0.2, 0) is 4.79 Å². The Balaban J connectivity index is 1.48. The predicted molar refractivity (Wildman–Crippen MR) is 108 cm³/mol. The van der Waals surface area contributed by atoms with Gasteiger partial charge in [-0.1, -0.05) is 48.2 Å². The summed E-state index contributed by atoms with van der Waals surface area (Å²) in [6.07, 6.45) is 4.46. The fraction of sp³-hybridized carbons (Fsp3) is 0.350. The Bertz CT molecular complexity index is 930. The first kappa shape index (κ1) is 17.0. The van der Waals surface area contributed by atoms with Crippen molar-refractivity contribution < 1.29 is 4.79 Å². The van der Waals surface area contributed by atoms with E-state index in [9.17, 15) is 4.79 Å². The van der Waals surface area contributed by atoms with E-state index >= 15 is 0 Å². The van der Waals surface area contributed by atoms with Crippen LogP contribution < -0.4 is 5.32 Å². The van der Waals surface area contributed by atoms with Crippen molar-refractivity contribution in [2.24, 2.45) is 0 Å². The van der Waals surface area contributed by atoms with Gasteiger partial charge in [0.1, 0.15) is 5.25 Å². The van der Waals surface area contributed by atoms with Gasteiger partial charge in [-0.3, -0.25) is 9.36 Å². The molecule has 138 valence electrons. The molecule has 2 aliphatic rings. The van der Waals surface area contributed by atoms with Gasteiger partial charge in [0.15, 0.2) is 11.0 Å². The highest BCUT2D eigenvalue weighted by Crippen LogP contribution is 2.44. The first-order valence-electron chi connectivity index (χ1n) is 9.30. The number of nitrogens with zero attached hydrogens (tertiary/aromatic N) is 3. The van der Waals surface area contributed by atoms with Crippen molar-refractivity contribution in [1.82, 2.24) is 20.1 Å². The number of amides is 1. The minimum Gasteiger partial charge on any atom is -0.352 e. The van der Waals surface area contributed by atoms with Crippen LogP contribution in [0.15, 0.2) is 53.0 Å². The maximum absolute atomic E-state index is 12.9. The van der Waals surface area contributed by atoms with E-state index in [1.807, 2.05) is 36.4 Å². The molecular formula is C20H20N4OS2. The molecule has 0 aliphatic heterocycles. The maximum Gasteiger partial charge on any atom is 0.238 e. The topological polar surface area (TPSA) is 59.8 Å². The quantitative estimate of drug-likeness (QED) is 0.599. The molecule has 2 heterocycles. The van der Waals surface area contributed by atoms with E-state index in [4.69, 9.17) is 0 Å². The third-order valence-corrected chi connectivity index (χ3v) is 6.88. The van der Waals surface area contributed by atoms with Crippen LogP contribution in [0.5, 0.6) is 0 Å². The summed E-state index contributed by atoms with van der Waals surface area (Å²) in [7, 11) is 0. The van der Waals surface area contributed by atoms with E-state index in [-0.39, 0.29) is 11.2 Å². The highest BCUT2D eigenvalue weighted by molar-refractivity contribution is 8.00. The standard InChI is InChI=1S/C20H20N4OS2/c25-19(21-14-8-9-14)17(13-5-2-1-3-6-13)27-20-23-22-18(16-7-4-12-26-16)24(20)15-10-11-15/h1-7,12,14-15,17H,8-11H2,(H,21,25)/t17-/m0/s1. The molecule has 5 rings (SSSR count). The van der Waals surface area contributed by atoms with Crippen LogP contribution in [0.25, 0.3) is 10.7 Å². The van der Waals surface area contributed by atoms with Gasteiger partial charge in [0, 0.05) is 12.1 Å². The Morgan fingerprint density at radius 2 is 1.93 bits per heavy atom. The zero-order valence-corrected chi connectivity index (χ0v) is 16.4. The van der Waals surface area contributed by atoms with Crippen LogP contribution in [0.4, 0.5) is 0 Å². The Kier molecular flexibility index (Phi) is 4.49. The predicted octanol–water partition coefficient (Wildman–Crippen LogP) is 4.45. The number of thioether (sulfide) groups is 1. The highest BCUT2D eigenvalue weighted by atomic mass is 32.2. The average molecular weight is 397 g/mol. The molecule has 1 aromatic carbocycles. The monoisotopic (exact) mass is 396 g/mol. The summed E-state index contributed by atoms with van der Waals surface area (Å²) >= 11 is 3.19. The van der Waals surface area contributed by atoms with Gasteiger partial charge in [0.05, 0.1) is 4.88 Å². The van der Waals surface area contributed by atoms with Crippen LogP contribution in [0.2, 0.25) is 0 Å². The molecule has 3 aromatic rings. The largest absolute Gasteiger partial charge is 0.352 e. The fourth-order valence-electron chi connectivity index (χ4n) is 3.10. The van der Waals surface area contributed by atoms with Gasteiger partial charge >= 0.3 is 0 Å². The number of rotatable bonds is 7.